The molecule has 1 aromatic rings. The molecule has 0 aliphatic carbocycles. The van der Waals surface area contributed by atoms with Gasteiger partial charge in [0.2, 0.25) is 5.91 Å². The van der Waals surface area contributed by atoms with Gasteiger partial charge >= 0.3 is 5.97 Å². The Balaban J connectivity index is 1.64. The lowest BCUT2D eigenvalue weighted by atomic mass is 9.93. The monoisotopic (exact) mass is 339 g/mol. The Morgan fingerprint density at radius 1 is 1.26 bits per heavy atom. The first-order valence-electron chi connectivity index (χ1n) is 7.93. The molecule has 6 heteroatoms. The van der Waals surface area contributed by atoms with Crippen LogP contribution in [0.4, 0.5) is 0 Å². The molecule has 126 valence electrons. The molecule has 0 unspecified atom stereocenters. The molecule has 1 aliphatic heterocycles. The number of ether oxygens (including phenoxy) is 1. The second-order valence-electron chi connectivity index (χ2n) is 5.80. The second kappa shape index (κ2) is 8.77. The number of amides is 1. The van der Waals surface area contributed by atoms with Gasteiger partial charge in [0, 0.05) is 25.9 Å². The van der Waals surface area contributed by atoms with E-state index in [9.17, 15) is 9.59 Å². The minimum Gasteiger partial charge on any atom is -0.492 e. The molecule has 23 heavy (non-hydrogen) atoms. The second-order valence-corrected chi connectivity index (χ2v) is 6.21. The molecule has 1 saturated heterocycles. The van der Waals surface area contributed by atoms with E-state index in [-0.39, 0.29) is 18.2 Å². The van der Waals surface area contributed by atoms with Crippen molar-refractivity contribution < 1.29 is 19.4 Å². The van der Waals surface area contributed by atoms with Crippen LogP contribution in [-0.4, -0.2) is 41.6 Å². The maximum absolute atomic E-state index is 12.1. The Labute approximate surface area is 141 Å². The molecule has 5 nitrogen and oxygen atoms in total. The smallest absolute Gasteiger partial charge is 0.303 e. The Hall–Kier alpha value is -1.75. The molecule has 0 atom stereocenters. The Morgan fingerprint density at radius 3 is 2.61 bits per heavy atom. The van der Waals surface area contributed by atoms with Crippen molar-refractivity contribution in [2.75, 3.05) is 19.7 Å². The topological polar surface area (TPSA) is 66.8 Å². The molecule has 0 saturated carbocycles. The van der Waals surface area contributed by atoms with Crippen molar-refractivity contribution >= 4 is 23.5 Å². The standard InChI is InChI=1S/C17H22ClNO4/c18-14-4-1-2-5-15(14)23-11-3-6-16(20)19-9-7-13(8-10-19)12-17(21)22/h1-2,4-5,13H,3,6-12H2,(H,21,22). The first-order chi connectivity index (χ1) is 11.1. The highest BCUT2D eigenvalue weighted by atomic mass is 35.5. The summed E-state index contributed by atoms with van der Waals surface area (Å²) in [5.74, 6) is 0.184. The van der Waals surface area contributed by atoms with Gasteiger partial charge in [-0.1, -0.05) is 23.7 Å². The van der Waals surface area contributed by atoms with Gasteiger partial charge < -0.3 is 14.7 Å². The van der Waals surface area contributed by atoms with Crippen molar-refractivity contribution in [3.8, 4) is 5.75 Å². The molecular formula is C17H22ClNO4. The van der Waals surface area contributed by atoms with Crippen LogP contribution in [0.2, 0.25) is 5.02 Å². The van der Waals surface area contributed by atoms with Crippen molar-refractivity contribution in [3.63, 3.8) is 0 Å². The van der Waals surface area contributed by atoms with E-state index in [1.165, 1.54) is 0 Å². The number of halogens is 1. The number of carboxylic acids is 1. The third-order valence-electron chi connectivity index (χ3n) is 4.06. The van der Waals surface area contributed by atoms with Gasteiger partial charge in [0.05, 0.1) is 11.6 Å². The average molecular weight is 340 g/mol. The molecule has 1 amide bonds. The summed E-state index contributed by atoms with van der Waals surface area (Å²) < 4.78 is 5.57. The third-order valence-corrected chi connectivity index (χ3v) is 4.37. The van der Waals surface area contributed by atoms with Crippen LogP contribution in [0.5, 0.6) is 5.75 Å². The van der Waals surface area contributed by atoms with Crippen molar-refractivity contribution in [3.05, 3.63) is 29.3 Å². The fraction of sp³-hybridized carbons (Fsp3) is 0.529. The first-order valence-corrected chi connectivity index (χ1v) is 8.31. The van der Waals surface area contributed by atoms with Gasteiger partial charge in [0.15, 0.2) is 0 Å². The number of hydrogen-bond donors (Lipinski definition) is 1. The zero-order valence-electron chi connectivity index (χ0n) is 13.0. The lowest BCUT2D eigenvalue weighted by molar-refractivity contribution is -0.138. The van der Waals surface area contributed by atoms with E-state index in [0.29, 0.717) is 43.3 Å². The van der Waals surface area contributed by atoms with Crippen LogP contribution in [0.25, 0.3) is 0 Å². The number of likely N-dealkylation sites (tertiary alicyclic amines) is 1. The van der Waals surface area contributed by atoms with Crippen LogP contribution in [0.15, 0.2) is 24.3 Å². The summed E-state index contributed by atoms with van der Waals surface area (Å²) in [5.41, 5.74) is 0. The highest BCUT2D eigenvalue weighted by Gasteiger charge is 2.23. The van der Waals surface area contributed by atoms with Crippen molar-refractivity contribution in [2.45, 2.75) is 32.1 Å². The molecule has 1 N–H and O–H groups in total. The van der Waals surface area contributed by atoms with Crippen molar-refractivity contribution in [1.82, 2.24) is 4.90 Å². The fourth-order valence-corrected chi connectivity index (χ4v) is 2.95. The minimum atomic E-state index is -0.758. The number of hydrogen-bond acceptors (Lipinski definition) is 3. The van der Waals surface area contributed by atoms with Crippen LogP contribution >= 0.6 is 11.6 Å². The molecule has 1 heterocycles. The van der Waals surface area contributed by atoms with Crippen LogP contribution in [0.1, 0.15) is 32.1 Å². The summed E-state index contributed by atoms with van der Waals surface area (Å²) in [7, 11) is 0. The number of carboxylic acid groups (broad SMARTS) is 1. The highest BCUT2D eigenvalue weighted by molar-refractivity contribution is 6.32. The van der Waals surface area contributed by atoms with Gasteiger partial charge in [0.1, 0.15) is 5.75 Å². The summed E-state index contributed by atoms with van der Waals surface area (Å²) in [5, 5.41) is 9.36. The van der Waals surface area contributed by atoms with E-state index in [2.05, 4.69) is 0 Å². The van der Waals surface area contributed by atoms with Crippen LogP contribution in [-0.2, 0) is 9.59 Å². The summed E-state index contributed by atoms with van der Waals surface area (Å²) in [4.78, 5) is 24.7. The molecule has 1 fully saturated rings. The lowest BCUT2D eigenvalue weighted by Gasteiger charge is -2.31. The van der Waals surface area contributed by atoms with E-state index < -0.39 is 5.97 Å². The van der Waals surface area contributed by atoms with Crippen molar-refractivity contribution in [1.29, 1.82) is 0 Å². The molecule has 1 aromatic carbocycles. The first kappa shape index (κ1) is 17.6. The Morgan fingerprint density at radius 2 is 1.96 bits per heavy atom. The predicted octanol–water partition coefficient (Wildman–Crippen LogP) is 3.21. The number of nitrogens with zero attached hydrogens (tertiary/aromatic N) is 1. The van der Waals surface area contributed by atoms with Crippen LogP contribution < -0.4 is 4.74 Å². The third kappa shape index (κ3) is 5.75. The van der Waals surface area contributed by atoms with Gasteiger partial charge in [-0.15, -0.1) is 0 Å². The molecule has 0 aromatic heterocycles. The maximum Gasteiger partial charge on any atom is 0.303 e. The van der Waals surface area contributed by atoms with Gasteiger partial charge in [0.25, 0.3) is 0 Å². The molecular weight excluding hydrogens is 318 g/mol. The fourth-order valence-electron chi connectivity index (χ4n) is 2.76. The Bertz CT molecular complexity index is 541. The highest BCUT2D eigenvalue weighted by Crippen LogP contribution is 2.24. The zero-order chi connectivity index (χ0) is 16.7. The number of piperidine rings is 1. The zero-order valence-corrected chi connectivity index (χ0v) is 13.8. The number of rotatable bonds is 7. The summed E-state index contributed by atoms with van der Waals surface area (Å²) in [6, 6.07) is 7.26. The summed E-state index contributed by atoms with van der Waals surface area (Å²) >= 11 is 6.00. The van der Waals surface area contributed by atoms with Gasteiger partial charge in [-0.3, -0.25) is 9.59 Å². The van der Waals surface area contributed by atoms with E-state index in [1.54, 1.807) is 12.1 Å². The number of carbonyl (C=O) groups is 2. The molecule has 2 rings (SSSR count). The SMILES string of the molecule is O=C(O)CC1CCN(C(=O)CCCOc2ccccc2Cl)CC1. The van der Waals surface area contributed by atoms with Gasteiger partial charge in [-0.2, -0.15) is 0 Å². The van der Waals surface area contributed by atoms with E-state index in [1.807, 2.05) is 17.0 Å². The lowest BCUT2D eigenvalue weighted by Crippen LogP contribution is -2.38. The van der Waals surface area contributed by atoms with E-state index in [4.69, 9.17) is 21.4 Å². The van der Waals surface area contributed by atoms with Crippen molar-refractivity contribution in [2.24, 2.45) is 5.92 Å². The molecule has 1 aliphatic rings. The predicted molar refractivity (Wildman–Crippen MR) is 87.7 cm³/mol. The quantitative estimate of drug-likeness (QED) is 0.774. The summed E-state index contributed by atoms with van der Waals surface area (Å²) in [6.45, 7) is 1.76. The van der Waals surface area contributed by atoms with Gasteiger partial charge in [-0.25, -0.2) is 0 Å². The molecule has 0 spiro atoms. The number of para-hydroxylation sites is 1. The van der Waals surface area contributed by atoms with Gasteiger partial charge in [-0.05, 0) is 37.3 Å². The maximum atomic E-state index is 12.1. The normalized spacial score (nSPS) is 15.4. The number of carbonyl (C=O) groups excluding carboxylic acids is 1. The van der Waals surface area contributed by atoms with E-state index >= 15 is 0 Å². The average Bonchev–Trinajstić information content (AvgIpc) is 2.53. The van der Waals surface area contributed by atoms with E-state index in [0.717, 1.165) is 12.8 Å². The largest absolute Gasteiger partial charge is 0.492 e. The number of aliphatic carboxylic acids is 1. The molecule has 0 radical (unpaired) electrons. The van der Waals surface area contributed by atoms with Crippen LogP contribution in [0, 0.1) is 5.92 Å². The minimum absolute atomic E-state index is 0.113. The number of benzene rings is 1. The summed E-state index contributed by atoms with van der Waals surface area (Å²) in [6.07, 6.45) is 2.82. The van der Waals surface area contributed by atoms with Crippen LogP contribution in [0.3, 0.4) is 0 Å². The Kier molecular flexibility index (Phi) is 6.71. The molecule has 0 bridgehead atoms.